The van der Waals surface area contributed by atoms with Gasteiger partial charge in [0.1, 0.15) is 0 Å². The zero-order valence-electron chi connectivity index (χ0n) is 22.2. The zero-order valence-corrected chi connectivity index (χ0v) is 23.8. The molecule has 1 aliphatic carbocycles. The molecule has 0 fully saturated rings. The molecule has 3 aromatic carbocycles. The summed E-state index contributed by atoms with van der Waals surface area (Å²) in [5, 5.41) is 10.2. The SMILES string of the molecule is CCS(=O)(=O)c1ccc(-n2nc(C(N)=O)c3c2-c2cc(NC(=O)c4cc(NC(C)=O)ccc4Cl)ccc2CC3)cc1. The number of benzene rings is 3. The summed E-state index contributed by atoms with van der Waals surface area (Å²) in [5.74, 6) is -1.46. The minimum absolute atomic E-state index is 0.0278. The third-order valence-electron chi connectivity index (χ3n) is 6.84. The van der Waals surface area contributed by atoms with Crippen LogP contribution in [-0.4, -0.2) is 41.7 Å². The van der Waals surface area contributed by atoms with E-state index in [2.05, 4.69) is 15.7 Å². The molecule has 0 saturated carbocycles. The number of aryl methyl sites for hydroxylation is 1. The normalized spacial score (nSPS) is 12.3. The molecule has 0 bridgehead atoms. The van der Waals surface area contributed by atoms with Crippen LogP contribution in [0.4, 0.5) is 11.4 Å². The summed E-state index contributed by atoms with van der Waals surface area (Å²) in [7, 11) is -3.40. The van der Waals surface area contributed by atoms with Gasteiger partial charge in [-0.3, -0.25) is 14.4 Å². The molecule has 0 radical (unpaired) electrons. The molecule has 1 heterocycles. The Bertz CT molecular complexity index is 1830. The number of primary amides is 1. The average molecular weight is 592 g/mol. The summed E-state index contributed by atoms with van der Waals surface area (Å²) >= 11 is 6.28. The number of nitrogens with two attached hydrogens (primary N) is 1. The molecule has 0 spiro atoms. The lowest BCUT2D eigenvalue weighted by molar-refractivity contribution is -0.114. The third kappa shape index (κ3) is 5.46. The van der Waals surface area contributed by atoms with Crippen LogP contribution < -0.4 is 16.4 Å². The van der Waals surface area contributed by atoms with Crippen molar-refractivity contribution in [2.45, 2.75) is 31.6 Å². The number of anilines is 2. The Morgan fingerprint density at radius 3 is 2.32 bits per heavy atom. The van der Waals surface area contributed by atoms with Gasteiger partial charge in [0.2, 0.25) is 5.91 Å². The molecule has 41 heavy (non-hydrogen) atoms. The minimum Gasteiger partial charge on any atom is -0.364 e. The molecule has 210 valence electrons. The summed E-state index contributed by atoms with van der Waals surface area (Å²) in [4.78, 5) is 37.1. The minimum atomic E-state index is -3.40. The number of fused-ring (bicyclic) bond motifs is 3. The highest BCUT2D eigenvalue weighted by Crippen LogP contribution is 2.38. The van der Waals surface area contributed by atoms with Crippen LogP contribution in [0.2, 0.25) is 5.02 Å². The van der Waals surface area contributed by atoms with Crippen LogP contribution in [0.3, 0.4) is 0 Å². The monoisotopic (exact) mass is 591 g/mol. The number of amides is 3. The third-order valence-corrected chi connectivity index (χ3v) is 8.92. The van der Waals surface area contributed by atoms with Gasteiger partial charge < -0.3 is 16.4 Å². The summed E-state index contributed by atoms with van der Waals surface area (Å²) < 4.78 is 26.2. The van der Waals surface area contributed by atoms with Crippen molar-refractivity contribution in [1.82, 2.24) is 9.78 Å². The van der Waals surface area contributed by atoms with E-state index in [0.717, 1.165) is 11.1 Å². The average Bonchev–Trinajstić information content (AvgIpc) is 3.34. The van der Waals surface area contributed by atoms with E-state index < -0.39 is 21.7 Å². The smallest absolute Gasteiger partial charge is 0.269 e. The van der Waals surface area contributed by atoms with Crippen molar-refractivity contribution in [3.05, 3.63) is 88.1 Å². The van der Waals surface area contributed by atoms with Gasteiger partial charge in [0.05, 0.1) is 32.6 Å². The van der Waals surface area contributed by atoms with Crippen LogP contribution in [0.1, 0.15) is 45.8 Å². The molecule has 0 aliphatic heterocycles. The van der Waals surface area contributed by atoms with E-state index in [1.807, 2.05) is 6.07 Å². The lowest BCUT2D eigenvalue weighted by atomic mass is 9.88. The maximum absolute atomic E-state index is 13.2. The highest BCUT2D eigenvalue weighted by Gasteiger charge is 2.29. The number of hydrogen-bond acceptors (Lipinski definition) is 6. The highest BCUT2D eigenvalue weighted by molar-refractivity contribution is 7.91. The van der Waals surface area contributed by atoms with Gasteiger partial charge in [0, 0.05) is 29.4 Å². The number of rotatable bonds is 7. The molecule has 1 aromatic heterocycles. The van der Waals surface area contributed by atoms with Gasteiger partial charge in [-0.1, -0.05) is 24.6 Å². The van der Waals surface area contributed by atoms with Crippen LogP contribution in [0, 0.1) is 0 Å². The largest absolute Gasteiger partial charge is 0.364 e. The number of aromatic nitrogens is 2. The Labute approximate surface area is 241 Å². The molecular formula is C29H26ClN5O5S. The highest BCUT2D eigenvalue weighted by atomic mass is 35.5. The molecule has 3 amide bonds. The van der Waals surface area contributed by atoms with E-state index in [-0.39, 0.29) is 32.8 Å². The molecule has 10 nitrogen and oxygen atoms in total. The Balaban J connectivity index is 1.55. The van der Waals surface area contributed by atoms with Crippen molar-refractivity contribution in [2.24, 2.45) is 5.73 Å². The molecule has 5 rings (SSSR count). The van der Waals surface area contributed by atoms with Gasteiger partial charge in [-0.15, -0.1) is 0 Å². The van der Waals surface area contributed by atoms with Gasteiger partial charge in [0.25, 0.3) is 11.8 Å². The fourth-order valence-corrected chi connectivity index (χ4v) is 5.93. The molecule has 0 unspecified atom stereocenters. The van der Waals surface area contributed by atoms with E-state index in [0.29, 0.717) is 41.2 Å². The first kappa shape index (κ1) is 28.1. The lowest BCUT2D eigenvalue weighted by Crippen LogP contribution is -2.16. The number of carbonyl (C=O) groups excluding carboxylic acids is 3. The molecule has 12 heteroatoms. The fraction of sp³-hybridized carbons (Fsp3) is 0.172. The second kappa shape index (κ2) is 10.8. The number of nitrogens with one attached hydrogen (secondary N) is 2. The summed E-state index contributed by atoms with van der Waals surface area (Å²) in [6.07, 6.45) is 1.15. The Morgan fingerprint density at radius 1 is 0.976 bits per heavy atom. The fourth-order valence-electron chi connectivity index (χ4n) is 4.84. The van der Waals surface area contributed by atoms with Crippen LogP contribution in [0.25, 0.3) is 16.9 Å². The van der Waals surface area contributed by atoms with Crippen LogP contribution in [-0.2, 0) is 27.5 Å². The van der Waals surface area contributed by atoms with Gasteiger partial charge in [-0.2, -0.15) is 5.10 Å². The summed E-state index contributed by atoms with van der Waals surface area (Å²) in [6, 6.07) is 16.3. The van der Waals surface area contributed by atoms with Gasteiger partial charge in [0.15, 0.2) is 15.5 Å². The van der Waals surface area contributed by atoms with Gasteiger partial charge >= 0.3 is 0 Å². The van der Waals surface area contributed by atoms with Crippen molar-refractivity contribution in [3.63, 3.8) is 0 Å². The Hall–Kier alpha value is -4.48. The predicted molar refractivity (Wildman–Crippen MR) is 156 cm³/mol. The van der Waals surface area contributed by atoms with Crippen molar-refractivity contribution < 1.29 is 22.8 Å². The van der Waals surface area contributed by atoms with Crippen LogP contribution in [0.15, 0.2) is 65.6 Å². The number of carbonyl (C=O) groups is 3. The van der Waals surface area contributed by atoms with E-state index in [1.165, 1.54) is 31.2 Å². The Morgan fingerprint density at radius 2 is 1.66 bits per heavy atom. The van der Waals surface area contributed by atoms with Crippen molar-refractivity contribution in [3.8, 4) is 16.9 Å². The first-order valence-corrected chi connectivity index (χ1v) is 14.8. The number of nitrogens with zero attached hydrogens (tertiary/aromatic N) is 2. The number of hydrogen-bond donors (Lipinski definition) is 3. The summed E-state index contributed by atoms with van der Waals surface area (Å²) in [5.41, 5.74) is 10.5. The molecule has 1 aliphatic rings. The first-order valence-electron chi connectivity index (χ1n) is 12.7. The first-order chi connectivity index (χ1) is 19.5. The van der Waals surface area contributed by atoms with E-state index in [9.17, 15) is 22.8 Å². The van der Waals surface area contributed by atoms with Gasteiger partial charge in [-0.05, 0) is 73.0 Å². The molecule has 4 N–H and O–H groups in total. The van der Waals surface area contributed by atoms with Crippen LogP contribution in [0.5, 0.6) is 0 Å². The van der Waals surface area contributed by atoms with E-state index in [1.54, 1.807) is 41.9 Å². The van der Waals surface area contributed by atoms with Crippen molar-refractivity contribution >= 4 is 50.5 Å². The van der Waals surface area contributed by atoms with Crippen molar-refractivity contribution in [2.75, 3.05) is 16.4 Å². The van der Waals surface area contributed by atoms with Crippen LogP contribution >= 0.6 is 11.6 Å². The molecule has 4 aromatic rings. The standard InChI is InChI=1S/C29H26ClN5O5S/c1-3-41(39,40)21-10-8-20(9-11-21)35-27-22(26(34-35)28(31)37)12-5-17-4-6-19(14-23(17)27)33-29(38)24-15-18(32-16(2)36)7-13-25(24)30/h4,6-11,13-15H,3,5,12H2,1-2H3,(H2,31,37)(H,32,36)(H,33,38). The molecular weight excluding hydrogens is 566 g/mol. The second-order valence-corrected chi connectivity index (χ2v) is 12.2. The number of sulfone groups is 1. The maximum atomic E-state index is 13.2. The zero-order chi connectivity index (χ0) is 29.5. The van der Waals surface area contributed by atoms with Crippen molar-refractivity contribution in [1.29, 1.82) is 0 Å². The maximum Gasteiger partial charge on any atom is 0.269 e. The lowest BCUT2D eigenvalue weighted by Gasteiger charge is -2.20. The molecule has 0 saturated heterocycles. The van der Waals surface area contributed by atoms with E-state index in [4.69, 9.17) is 17.3 Å². The second-order valence-electron chi connectivity index (χ2n) is 9.55. The topological polar surface area (TPSA) is 153 Å². The number of halogens is 1. The Kier molecular flexibility index (Phi) is 7.41. The van der Waals surface area contributed by atoms with E-state index >= 15 is 0 Å². The summed E-state index contributed by atoms with van der Waals surface area (Å²) in [6.45, 7) is 2.94. The molecule has 0 atom stereocenters. The quantitative estimate of drug-likeness (QED) is 0.290. The predicted octanol–water partition coefficient (Wildman–Crippen LogP) is 4.39. The van der Waals surface area contributed by atoms with Gasteiger partial charge in [-0.25, -0.2) is 13.1 Å².